The Labute approximate surface area is 103 Å². The molecule has 0 amide bonds. The van der Waals surface area contributed by atoms with Crippen LogP contribution in [0.25, 0.3) is 0 Å². The minimum absolute atomic E-state index is 0.211. The van der Waals surface area contributed by atoms with Gasteiger partial charge in [-0.05, 0) is 25.7 Å². The summed E-state index contributed by atoms with van der Waals surface area (Å²) in [6.07, 6.45) is 13.0. The number of rotatable bonds is 2. The largest absolute Gasteiger partial charge is 0.319 e. The van der Waals surface area contributed by atoms with Crippen molar-refractivity contribution in [2.45, 2.75) is 69.4 Å². The Morgan fingerprint density at radius 2 is 1.82 bits per heavy atom. The van der Waals surface area contributed by atoms with Gasteiger partial charge in [-0.15, -0.1) is 10.2 Å². The smallest absolute Gasteiger partial charge is 0.153 e. The molecule has 2 saturated carbocycles. The summed E-state index contributed by atoms with van der Waals surface area (Å²) in [6, 6.07) is 0.599. The van der Waals surface area contributed by atoms with E-state index in [-0.39, 0.29) is 5.54 Å². The number of aromatic nitrogens is 3. The molecule has 0 atom stereocenters. The van der Waals surface area contributed by atoms with Gasteiger partial charge in [-0.1, -0.05) is 32.1 Å². The Hall–Kier alpha value is -0.900. The van der Waals surface area contributed by atoms with Crippen LogP contribution in [0.5, 0.6) is 0 Å². The lowest BCUT2D eigenvalue weighted by Crippen LogP contribution is -2.41. The zero-order valence-electron chi connectivity index (χ0n) is 10.4. The predicted octanol–water partition coefficient (Wildman–Crippen LogP) is 2.51. The number of hydrogen-bond acceptors (Lipinski definition) is 3. The summed E-state index contributed by atoms with van der Waals surface area (Å²) in [5, 5.41) is 8.46. The van der Waals surface area contributed by atoms with Gasteiger partial charge in [0.1, 0.15) is 6.33 Å². The third-order valence-electron chi connectivity index (χ3n) is 4.48. The first kappa shape index (κ1) is 11.2. The van der Waals surface area contributed by atoms with Crippen LogP contribution in [-0.4, -0.2) is 14.8 Å². The summed E-state index contributed by atoms with van der Waals surface area (Å²) in [5.74, 6) is 1.05. The first-order valence-electron chi connectivity index (χ1n) is 6.98. The standard InChI is InChI=1S/C13H22N4/c14-13(8-4-1-5-9-13)12-16-15-10-17(12)11-6-2-3-7-11/h10-11H,1-9,14H2. The molecule has 0 spiro atoms. The van der Waals surface area contributed by atoms with Crippen molar-refractivity contribution in [3.63, 3.8) is 0 Å². The highest BCUT2D eigenvalue weighted by molar-refractivity contribution is 5.08. The van der Waals surface area contributed by atoms with E-state index in [0.717, 1.165) is 18.7 Å². The normalized spacial score (nSPS) is 25.2. The third kappa shape index (κ3) is 1.99. The van der Waals surface area contributed by atoms with E-state index in [2.05, 4.69) is 14.8 Å². The molecule has 17 heavy (non-hydrogen) atoms. The van der Waals surface area contributed by atoms with Crippen molar-refractivity contribution in [1.82, 2.24) is 14.8 Å². The molecule has 4 heteroatoms. The summed E-state index contributed by atoms with van der Waals surface area (Å²) >= 11 is 0. The Morgan fingerprint density at radius 1 is 1.12 bits per heavy atom. The van der Waals surface area contributed by atoms with Crippen LogP contribution < -0.4 is 5.73 Å². The molecule has 94 valence electrons. The van der Waals surface area contributed by atoms with Crippen LogP contribution in [0.1, 0.15) is 69.7 Å². The molecule has 3 rings (SSSR count). The summed E-state index contributed by atoms with van der Waals surface area (Å²) in [7, 11) is 0. The topological polar surface area (TPSA) is 56.7 Å². The van der Waals surface area contributed by atoms with Crippen molar-refractivity contribution in [3.05, 3.63) is 12.2 Å². The van der Waals surface area contributed by atoms with Gasteiger partial charge in [0.05, 0.1) is 5.54 Å². The predicted molar refractivity (Wildman–Crippen MR) is 66.5 cm³/mol. The quantitative estimate of drug-likeness (QED) is 0.855. The fourth-order valence-corrected chi connectivity index (χ4v) is 3.46. The van der Waals surface area contributed by atoms with E-state index in [9.17, 15) is 0 Å². The van der Waals surface area contributed by atoms with E-state index in [4.69, 9.17) is 5.73 Å². The lowest BCUT2D eigenvalue weighted by Gasteiger charge is -2.33. The third-order valence-corrected chi connectivity index (χ3v) is 4.48. The molecule has 2 aliphatic carbocycles. The van der Waals surface area contributed by atoms with Crippen molar-refractivity contribution in [2.24, 2.45) is 5.73 Å². The Balaban J connectivity index is 1.89. The molecule has 0 unspecified atom stereocenters. The molecular formula is C13H22N4. The summed E-state index contributed by atoms with van der Waals surface area (Å²) in [6.45, 7) is 0. The second-order valence-electron chi connectivity index (χ2n) is 5.72. The van der Waals surface area contributed by atoms with Gasteiger partial charge >= 0.3 is 0 Å². The summed E-state index contributed by atoms with van der Waals surface area (Å²) < 4.78 is 2.28. The van der Waals surface area contributed by atoms with E-state index in [1.807, 2.05) is 6.33 Å². The molecule has 1 aromatic rings. The van der Waals surface area contributed by atoms with Gasteiger partial charge in [-0.2, -0.15) is 0 Å². The van der Waals surface area contributed by atoms with Crippen LogP contribution in [0.2, 0.25) is 0 Å². The van der Waals surface area contributed by atoms with E-state index < -0.39 is 0 Å². The van der Waals surface area contributed by atoms with Crippen molar-refractivity contribution in [3.8, 4) is 0 Å². The summed E-state index contributed by atoms with van der Waals surface area (Å²) in [4.78, 5) is 0. The molecule has 0 aromatic carbocycles. The summed E-state index contributed by atoms with van der Waals surface area (Å²) in [5.41, 5.74) is 6.36. The van der Waals surface area contributed by atoms with Crippen LogP contribution in [0.3, 0.4) is 0 Å². The fourth-order valence-electron chi connectivity index (χ4n) is 3.46. The Bertz CT molecular complexity index is 373. The van der Waals surface area contributed by atoms with Gasteiger partial charge in [-0.3, -0.25) is 0 Å². The highest BCUT2D eigenvalue weighted by Crippen LogP contribution is 2.37. The van der Waals surface area contributed by atoms with E-state index in [1.54, 1.807) is 0 Å². The van der Waals surface area contributed by atoms with Crippen LogP contribution in [0.4, 0.5) is 0 Å². The zero-order chi connectivity index (χ0) is 11.7. The van der Waals surface area contributed by atoms with Crippen LogP contribution in [0, 0.1) is 0 Å². The highest BCUT2D eigenvalue weighted by Gasteiger charge is 2.35. The molecule has 2 fully saturated rings. The van der Waals surface area contributed by atoms with Gasteiger partial charge in [0, 0.05) is 6.04 Å². The maximum absolute atomic E-state index is 6.57. The monoisotopic (exact) mass is 234 g/mol. The Morgan fingerprint density at radius 3 is 2.53 bits per heavy atom. The van der Waals surface area contributed by atoms with Gasteiger partial charge in [-0.25, -0.2) is 0 Å². The molecule has 0 radical (unpaired) electrons. The highest BCUT2D eigenvalue weighted by atomic mass is 15.3. The maximum atomic E-state index is 6.57. The van der Waals surface area contributed by atoms with Crippen LogP contribution in [-0.2, 0) is 5.54 Å². The number of nitrogens with two attached hydrogens (primary N) is 1. The zero-order valence-corrected chi connectivity index (χ0v) is 10.4. The van der Waals surface area contributed by atoms with Crippen LogP contribution >= 0.6 is 0 Å². The SMILES string of the molecule is NC1(c2nncn2C2CCCC2)CCCCC1. The molecule has 0 aliphatic heterocycles. The molecule has 0 bridgehead atoms. The van der Waals surface area contributed by atoms with E-state index in [0.29, 0.717) is 6.04 Å². The van der Waals surface area contributed by atoms with E-state index >= 15 is 0 Å². The first-order chi connectivity index (χ1) is 8.30. The van der Waals surface area contributed by atoms with Gasteiger partial charge in [0.25, 0.3) is 0 Å². The van der Waals surface area contributed by atoms with Gasteiger partial charge < -0.3 is 10.3 Å². The average molecular weight is 234 g/mol. The van der Waals surface area contributed by atoms with E-state index in [1.165, 1.54) is 44.9 Å². The minimum Gasteiger partial charge on any atom is -0.319 e. The molecule has 2 aliphatic rings. The molecule has 1 aromatic heterocycles. The Kier molecular flexibility index (Phi) is 2.90. The lowest BCUT2D eigenvalue weighted by atomic mass is 9.81. The molecule has 1 heterocycles. The lowest BCUT2D eigenvalue weighted by molar-refractivity contribution is 0.270. The molecule has 0 saturated heterocycles. The van der Waals surface area contributed by atoms with Crippen molar-refractivity contribution >= 4 is 0 Å². The van der Waals surface area contributed by atoms with Crippen molar-refractivity contribution in [1.29, 1.82) is 0 Å². The van der Waals surface area contributed by atoms with Crippen LogP contribution in [0.15, 0.2) is 6.33 Å². The number of hydrogen-bond donors (Lipinski definition) is 1. The first-order valence-corrected chi connectivity index (χ1v) is 6.98. The second kappa shape index (κ2) is 4.41. The minimum atomic E-state index is -0.211. The molecule has 2 N–H and O–H groups in total. The van der Waals surface area contributed by atoms with Gasteiger partial charge in [0.2, 0.25) is 0 Å². The second-order valence-corrected chi connectivity index (χ2v) is 5.72. The van der Waals surface area contributed by atoms with Gasteiger partial charge in [0.15, 0.2) is 5.82 Å². The fraction of sp³-hybridized carbons (Fsp3) is 0.846. The maximum Gasteiger partial charge on any atom is 0.153 e. The van der Waals surface area contributed by atoms with Crippen molar-refractivity contribution < 1.29 is 0 Å². The molecular weight excluding hydrogens is 212 g/mol. The van der Waals surface area contributed by atoms with Crippen molar-refractivity contribution in [2.75, 3.05) is 0 Å². The average Bonchev–Trinajstić information content (AvgIpc) is 3.01. The number of nitrogens with zero attached hydrogens (tertiary/aromatic N) is 3. The molecule has 4 nitrogen and oxygen atoms in total.